The van der Waals surface area contributed by atoms with E-state index in [0.29, 0.717) is 30.8 Å². The van der Waals surface area contributed by atoms with Crippen molar-refractivity contribution < 1.29 is 19.1 Å². The Labute approximate surface area is 168 Å². The third kappa shape index (κ3) is 4.74. The van der Waals surface area contributed by atoms with Gasteiger partial charge in [0.2, 0.25) is 5.91 Å². The van der Waals surface area contributed by atoms with Crippen molar-refractivity contribution in [2.45, 2.75) is 26.2 Å². The third-order valence-electron chi connectivity index (χ3n) is 4.74. The monoisotopic (exact) mass is 399 g/mol. The van der Waals surface area contributed by atoms with Gasteiger partial charge < -0.3 is 20.7 Å². The zero-order chi connectivity index (χ0) is 20.8. The average Bonchev–Trinajstić information content (AvgIpc) is 3.31. The fourth-order valence-corrected chi connectivity index (χ4v) is 3.20. The number of carbonyl (C=O) groups excluding carboxylic acids is 3. The molecule has 0 radical (unpaired) electrons. The van der Waals surface area contributed by atoms with Crippen molar-refractivity contribution in [2.75, 3.05) is 32.0 Å². The van der Waals surface area contributed by atoms with Gasteiger partial charge in [0.05, 0.1) is 18.5 Å². The first-order chi connectivity index (χ1) is 14.0. The topological polar surface area (TPSA) is 120 Å². The van der Waals surface area contributed by atoms with Gasteiger partial charge in [-0.15, -0.1) is 0 Å². The molecule has 9 nitrogen and oxygen atoms in total. The standard InChI is InChI=1S/C20H25N5O4/c1-2-29-20(28)16-13-23-25(18(16)21)15-8-6-14(7-9-15)19(27)22-10-4-12-24-11-3-5-17(24)26/h6-9,13H,2-5,10-12,21H2,1H3,(H,22,27). The second kappa shape index (κ2) is 9.22. The van der Waals surface area contributed by atoms with Gasteiger partial charge in [0.25, 0.3) is 5.91 Å². The quantitative estimate of drug-likeness (QED) is 0.511. The molecule has 1 saturated heterocycles. The highest BCUT2D eigenvalue weighted by molar-refractivity contribution is 5.95. The molecule has 2 aromatic rings. The molecule has 3 rings (SSSR count). The van der Waals surface area contributed by atoms with Crippen LogP contribution in [0.4, 0.5) is 5.82 Å². The molecule has 0 spiro atoms. The van der Waals surface area contributed by atoms with E-state index in [1.54, 1.807) is 31.2 Å². The molecule has 0 bridgehead atoms. The second-order valence-electron chi connectivity index (χ2n) is 6.72. The lowest BCUT2D eigenvalue weighted by Gasteiger charge is -2.15. The molecule has 1 aromatic heterocycles. The van der Waals surface area contributed by atoms with E-state index in [0.717, 1.165) is 19.4 Å². The lowest BCUT2D eigenvalue weighted by molar-refractivity contribution is -0.127. The number of benzene rings is 1. The van der Waals surface area contributed by atoms with Crippen LogP contribution in [-0.4, -0.2) is 58.7 Å². The molecule has 0 aliphatic carbocycles. The number of hydrogen-bond acceptors (Lipinski definition) is 6. The minimum Gasteiger partial charge on any atom is -0.462 e. The summed E-state index contributed by atoms with van der Waals surface area (Å²) in [5.41, 5.74) is 7.33. The van der Waals surface area contributed by atoms with E-state index in [2.05, 4.69) is 10.4 Å². The number of anilines is 1. The Balaban J connectivity index is 1.55. The molecule has 29 heavy (non-hydrogen) atoms. The Morgan fingerprint density at radius 3 is 2.69 bits per heavy atom. The molecule has 0 unspecified atom stereocenters. The summed E-state index contributed by atoms with van der Waals surface area (Å²) in [7, 11) is 0. The maximum absolute atomic E-state index is 12.3. The molecule has 1 aromatic carbocycles. The van der Waals surface area contributed by atoms with Crippen LogP contribution in [-0.2, 0) is 9.53 Å². The maximum atomic E-state index is 12.3. The Morgan fingerprint density at radius 2 is 2.03 bits per heavy atom. The van der Waals surface area contributed by atoms with Gasteiger partial charge in [-0.05, 0) is 44.0 Å². The van der Waals surface area contributed by atoms with Crippen LogP contribution in [0.1, 0.15) is 46.9 Å². The molecular weight excluding hydrogens is 374 g/mol. The lowest BCUT2D eigenvalue weighted by Crippen LogP contribution is -2.30. The van der Waals surface area contributed by atoms with E-state index in [9.17, 15) is 14.4 Å². The van der Waals surface area contributed by atoms with E-state index in [1.807, 2.05) is 4.90 Å². The fraction of sp³-hybridized carbons (Fsp3) is 0.400. The minimum atomic E-state index is -0.525. The first-order valence-corrected chi connectivity index (χ1v) is 9.68. The molecule has 1 fully saturated rings. The Morgan fingerprint density at radius 1 is 1.28 bits per heavy atom. The number of ether oxygens (including phenoxy) is 1. The van der Waals surface area contributed by atoms with Crippen LogP contribution >= 0.6 is 0 Å². The number of rotatable bonds is 8. The molecule has 2 amide bonds. The molecule has 1 aliphatic heterocycles. The number of esters is 1. The van der Waals surface area contributed by atoms with Gasteiger partial charge in [-0.3, -0.25) is 9.59 Å². The number of aromatic nitrogens is 2. The highest BCUT2D eigenvalue weighted by Gasteiger charge is 2.19. The summed E-state index contributed by atoms with van der Waals surface area (Å²) in [6.45, 7) is 3.94. The van der Waals surface area contributed by atoms with E-state index < -0.39 is 5.97 Å². The number of nitrogen functional groups attached to an aromatic ring is 1. The molecule has 2 heterocycles. The second-order valence-corrected chi connectivity index (χ2v) is 6.72. The predicted molar refractivity (Wildman–Crippen MR) is 107 cm³/mol. The number of hydrogen-bond donors (Lipinski definition) is 2. The van der Waals surface area contributed by atoms with Gasteiger partial charge in [-0.25, -0.2) is 9.48 Å². The first kappa shape index (κ1) is 20.4. The van der Waals surface area contributed by atoms with Crippen molar-refractivity contribution >= 4 is 23.6 Å². The average molecular weight is 399 g/mol. The SMILES string of the molecule is CCOC(=O)c1cnn(-c2ccc(C(=O)NCCCN3CCCC3=O)cc2)c1N. The number of likely N-dealkylation sites (tertiary alicyclic amines) is 1. The summed E-state index contributed by atoms with van der Waals surface area (Å²) in [5, 5.41) is 6.98. The van der Waals surface area contributed by atoms with Crippen molar-refractivity contribution in [3.05, 3.63) is 41.6 Å². The van der Waals surface area contributed by atoms with Crippen molar-refractivity contribution in [1.82, 2.24) is 20.0 Å². The summed E-state index contributed by atoms with van der Waals surface area (Å²) in [5.74, 6) is -0.346. The molecule has 154 valence electrons. The van der Waals surface area contributed by atoms with Crippen molar-refractivity contribution in [3.63, 3.8) is 0 Å². The summed E-state index contributed by atoms with van der Waals surface area (Å²) >= 11 is 0. The molecule has 9 heteroatoms. The summed E-state index contributed by atoms with van der Waals surface area (Å²) in [6.07, 6.45) is 3.62. The van der Waals surface area contributed by atoms with Crippen LogP contribution in [0.5, 0.6) is 0 Å². The molecule has 1 aliphatic rings. The van der Waals surface area contributed by atoms with Gasteiger partial charge in [-0.1, -0.05) is 0 Å². The van der Waals surface area contributed by atoms with Gasteiger partial charge in [-0.2, -0.15) is 5.10 Å². The highest BCUT2D eigenvalue weighted by atomic mass is 16.5. The van der Waals surface area contributed by atoms with Gasteiger partial charge in [0.15, 0.2) is 0 Å². The largest absolute Gasteiger partial charge is 0.462 e. The van der Waals surface area contributed by atoms with Crippen molar-refractivity contribution in [1.29, 1.82) is 0 Å². The lowest BCUT2D eigenvalue weighted by atomic mass is 10.2. The number of nitrogens with zero attached hydrogens (tertiary/aromatic N) is 3. The summed E-state index contributed by atoms with van der Waals surface area (Å²) < 4.78 is 6.36. The van der Waals surface area contributed by atoms with Crippen LogP contribution in [0.2, 0.25) is 0 Å². The first-order valence-electron chi connectivity index (χ1n) is 9.68. The van der Waals surface area contributed by atoms with Crippen molar-refractivity contribution in [3.8, 4) is 5.69 Å². The van der Waals surface area contributed by atoms with Crippen LogP contribution < -0.4 is 11.1 Å². The van der Waals surface area contributed by atoms with E-state index in [4.69, 9.17) is 10.5 Å². The maximum Gasteiger partial charge on any atom is 0.343 e. The Hall–Kier alpha value is -3.36. The molecular formula is C20H25N5O4. The Kier molecular flexibility index (Phi) is 6.48. The molecule has 0 saturated carbocycles. The zero-order valence-electron chi connectivity index (χ0n) is 16.4. The van der Waals surface area contributed by atoms with Crippen molar-refractivity contribution in [2.24, 2.45) is 0 Å². The van der Waals surface area contributed by atoms with E-state index >= 15 is 0 Å². The van der Waals surface area contributed by atoms with E-state index in [-0.39, 0.29) is 29.8 Å². The molecule has 0 atom stereocenters. The highest BCUT2D eigenvalue weighted by Crippen LogP contribution is 2.18. The normalized spacial score (nSPS) is 13.6. The van der Waals surface area contributed by atoms with Gasteiger partial charge >= 0.3 is 5.97 Å². The van der Waals surface area contributed by atoms with Crippen LogP contribution in [0.15, 0.2) is 30.5 Å². The van der Waals surface area contributed by atoms with Crippen LogP contribution in [0.25, 0.3) is 5.69 Å². The number of amides is 2. The summed E-state index contributed by atoms with van der Waals surface area (Å²) in [4.78, 5) is 37.5. The zero-order valence-corrected chi connectivity index (χ0v) is 16.4. The Bertz CT molecular complexity index is 891. The van der Waals surface area contributed by atoms with Gasteiger partial charge in [0, 0.05) is 31.6 Å². The van der Waals surface area contributed by atoms with Crippen LogP contribution in [0, 0.1) is 0 Å². The van der Waals surface area contributed by atoms with Crippen LogP contribution in [0.3, 0.4) is 0 Å². The smallest absolute Gasteiger partial charge is 0.343 e. The number of carbonyl (C=O) groups is 3. The number of nitrogens with one attached hydrogen (secondary N) is 1. The number of nitrogens with two attached hydrogens (primary N) is 1. The predicted octanol–water partition coefficient (Wildman–Crippen LogP) is 1.37. The minimum absolute atomic E-state index is 0.178. The van der Waals surface area contributed by atoms with Gasteiger partial charge in [0.1, 0.15) is 11.4 Å². The summed E-state index contributed by atoms with van der Waals surface area (Å²) in [6, 6.07) is 6.74. The fourth-order valence-electron chi connectivity index (χ4n) is 3.20. The van der Waals surface area contributed by atoms with E-state index in [1.165, 1.54) is 10.9 Å². The third-order valence-corrected chi connectivity index (χ3v) is 4.74. The molecule has 3 N–H and O–H groups in total.